The van der Waals surface area contributed by atoms with E-state index >= 15 is 0 Å². The first-order valence-electron chi connectivity index (χ1n) is 9.31. The maximum atomic E-state index is 12.1. The Hall–Kier alpha value is -2.09. The first-order valence-corrected chi connectivity index (χ1v) is 9.31. The summed E-state index contributed by atoms with van der Waals surface area (Å²) in [6.45, 7) is 6.27. The molecule has 146 valence electrons. The summed E-state index contributed by atoms with van der Waals surface area (Å²) < 4.78 is 1.67. The number of hydrogen-bond donors (Lipinski definition) is 2. The molecule has 0 bridgehead atoms. The molecular formula is C18H32N6O2. The summed E-state index contributed by atoms with van der Waals surface area (Å²) >= 11 is 0. The number of aromatic nitrogens is 2. The van der Waals surface area contributed by atoms with E-state index in [0.717, 1.165) is 31.6 Å². The Balaban J connectivity index is 1.78. The monoisotopic (exact) mass is 364 g/mol. The molecule has 0 spiro atoms. The highest BCUT2D eigenvalue weighted by Crippen LogP contribution is 2.21. The summed E-state index contributed by atoms with van der Waals surface area (Å²) in [7, 11) is 5.82. The number of hydrogen-bond acceptors (Lipinski definition) is 4. The highest BCUT2D eigenvalue weighted by Gasteiger charge is 2.30. The van der Waals surface area contributed by atoms with Gasteiger partial charge in [0, 0.05) is 45.2 Å². The fourth-order valence-electron chi connectivity index (χ4n) is 3.11. The lowest BCUT2D eigenvalue weighted by Gasteiger charge is -2.26. The Morgan fingerprint density at radius 2 is 2.15 bits per heavy atom. The lowest BCUT2D eigenvalue weighted by atomic mass is 10.1. The van der Waals surface area contributed by atoms with E-state index < -0.39 is 0 Å². The topological polar surface area (TPSA) is 82.5 Å². The average molecular weight is 364 g/mol. The minimum absolute atomic E-state index is 0.215. The van der Waals surface area contributed by atoms with Crippen molar-refractivity contribution in [2.24, 2.45) is 7.05 Å². The largest absolute Gasteiger partial charge is 0.338 e. The van der Waals surface area contributed by atoms with Crippen LogP contribution in [0.15, 0.2) is 6.07 Å². The third-order valence-electron chi connectivity index (χ3n) is 4.74. The van der Waals surface area contributed by atoms with Crippen LogP contribution < -0.4 is 10.6 Å². The van der Waals surface area contributed by atoms with Gasteiger partial charge >= 0.3 is 6.03 Å². The van der Waals surface area contributed by atoms with Crippen molar-refractivity contribution in [2.45, 2.75) is 45.1 Å². The second-order valence-electron chi connectivity index (χ2n) is 7.49. The zero-order valence-corrected chi connectivity index (χ0v) is 16.6. The van der Waals surface area contributed by atoms with Crippen LogP contribution in [0.5, 0.6) is 0 Å². The minimum Gasteiger partial charge on any atom is -0.338 e. The zero-order chi connectivity index (χ0) is 19.3. The molecule has 26 heavy (non-hydrogen) atoms. The number of nitrogens with one attached hydrogen (secondary N) is 2. The Labute approximate surface area is 155 Å². The molecule has 0 aromatic carbocycles. The second kappa shape index (κ2) is 9.02. The molecule has 1 aliphatic rings. The van der Waals surface area contributed by atoms with Gasteiger partial charge in [-0.05, 0) is 32.9 Å². The molecule has 1 unspecified atom stereocenters. The van der Waals surface area contributed by atoms with Gasteiger partial charge in [-0.2, -0.15) is 5.10 Å². The van der Waals surface area contributed by atoms with Crippen molar-refractivity contribution in [3.8, 4) is 0 Å². The van der Waals surface area contributed by atoms with Crippen molar-refractivity contribution in [3.63, 3.8) is 0 Å². The van der Waals surface area contributed by atoms with Gasteiger partial charge in [0.15, 0.2) is 0 Å². The molecule has 8 heteroatoms. The normalized spacial score (nSPS) is 17.4. The van der Waals surface area contributed by atoms with Crippen LogP contribution in [0.25, 0.3) is 0 Å². The van der Waals surface area contributed by atoms with E-state index in [1.807, 2.05) is 32.1 Å². The summed E-state index contributed by atoms with van der Waals surface area (Å²) in [4.78, 5) is 28.2. The number of anilines is 1. The SMILES string of the molecule is CC(C)c1cc(NC(=O)NCCC2CCC(=O)N2CCN(C)C)n(C)n1. The molecule has 1 saturated heterocycles. The number of rotatable bonds is 8. The minimum atomic E-state index is -0.243. The third-order valence-corrected chi connectivity index (χ3v) is 4.74. The molecule has 2 N–H and O–H groups in total. The van der Waals surface area contributed by atoms with Gasteiger partial charge in [-0.3, -0.25) is 14.8 Å². The van der Waals surface area contributed by atoms with Crippen LogP contribution in [-0.2, 0) is 11.8 Å². The lowest BCUT2D eigenvalue weighted by molar-refractivity contribution is -0.129. The van der Waals surface area contributed by atoms with Crippen LogP contribution in [0.1, 0.15) is 44.7 Å². The van der Waals surface area contributed by atoms with Gasteiger partial charge in [-0.25, -0.2) is 4.79 Å². The molecule has 1 aromatic heterocycles. The average Bonchev–Trinajstić information content (AvgIpc) is 3.09. The standard InChI is InChI=1S/C18H32N6O2/c1-13(2)15-12-16(23(5)21-15)20-18(26)19-9-8-14-6-7-17(25)24(14)11-10-22(3)4/h12-14H,6-11H2,1-5H3,(H2,19,20,26). The van der Waals surface area contributed by atoms with Crippen molar-refractivity contribution in [2.75, 3.05) is 39.0 Å². The van der Waals surface area contributed by atoms with Crippen LogP contribution in [0, 0.1) is 0 Å². The summed E-state index contributed by atoms with van der Waals surface area (Å²) in [5.74, 6) is 1.21. The first kappa shape index (κ1) is 20.2. The Morgan fingerprint density at radius 3 is 2.77 bits per heavy atom. The molecule has 0 radical (unpaired) electrons. The molecule has 2 rings (SSSR count). The van der Waals surface area contributed by atoms with Crippen LogP contribution >= 0.6 is 0 Å². The molecule has 2 heterocycles. The van der Waals surface area contributed by atoms with E-state index in [9.17, 15) is 9.59 Å². The third kappa shape index (κ3) is 5.45. The maximum absolute atomic E-state index is 12.1. The maximum Gasteiger partial charge on any atom is 0.320 e. The van der Waals surface area contributed by atoms with E-state index in [0.29, 0.717) is 24.7 Å². The predicted molar refractivity (Wildman–Crippen MR) is 102 cm³/mol. The molecule has 0 aliphatic carbocycles. The van der Waals surface area contributed by atoms with E-state index in [2.05, 4.69) is 34.5 Å². The predicted octanol–water partition coefficient (Wildman–Crippen LogP) is 1.61. The van der Waals surface area contributed by atoms with Gasteiger partial charge in [-0.1, -0.05) is 13.8 Å². The number of likely N-dealkylation sites (N-methyl/N-ethyl adjacent to an activating group) is 1. The van der Waals surface area contributed by atoms with Crippen LogP contribution in [0.4, 0.5) is 10.6 Å². The second-order valence-corrected chi connectivity index (χ2v) is 7.49. The molecule has 8 nitrogen and oxygen atoms in total. The van der Waals surface area contributed by atoms with Gasteiger partial charge in [0.05, 0.1) is 5.69 Å². The van der Waals surface area contributed by atoms with E-state index in [1.165, 1.54) is 0 Å². The summed E-state index contributed by atoms with van der Waals surface area (Å²) in [5, 5.41) is 10.1. The quantitative estimate of drug-likeness (QED) is 0.734. The fraction of sp³-hybridized carbons (Fsp3) is 0.722. The van der Waals surface area contributed by atoms with Gasteiger partial charge in [0.1, 0.15) is 5.82 Å². The van der Waals surface area contributed by atoms with Crippen molar-refractivity contribution in [3.05, 3.63) is 11.8 Å². The number of amides is 3. The van der Waals surface area contributed by atoms with Crippen molar-refractivity contribution in [1.29, 1.82) is 0 Å². The number of carbonyl (C=O) groups is 2. The molecule has 1 atom stereocenters. The number of nitrogens with zero attached hydrogens (tertiary/aromatic N) is 4. The Kier molecular flexibility index (Phi) is 7.02. The van der Waals surface area contributed by atoms with Crippen molar-refractivity contribution in [1.82, 2.24) is 24.9 Å². The van der Waals surface area contributed by atoms with Gasteiger partial charge in [0.2, 0.25) is 5.91 Å². The number of carbonyl (C=O) groups excluding carboxylic acids is 2. The van der Waals surface area contributed by atoms with Gasteiger partial charge in [0.25, 0.3) is 0 Å². The first-order chi connectivity index (χ1) is 12.3. The Bertz CT molecular complexity index is 625. The molecule has 1 aliphatic heterocycles. The van der Waals surface area contributed by atoms with Crippen LogP contribution in [0.3, 0.4) is 0 Å². The van der Waals surface area contributed by atoms with E-state index in [-0.39, 0.29) is 18.0 Å². The van der Waals surface area contributed by atoms with Crippen molar-refractivity contribution >= 4 is 17.8 Å². The molecule has 1 fully saturated rings. The number of urea groups is 1. The van der Waals surface area contributed by atoms with Crippen LogP contribution in [0.2, 0.25) is 0 Å². The molecule has 0 saturated carbocycles. The summed E-state index contributed by atoms with van der Waals surface area (Å²) in [6, 6.07) is 1.86. The molecular weight excluding hydrogens is 332 g/mol. The lowest BCUT2D eigenvalue weighted by Crippen LogP contribution is -2.40. The highest BCUT2D eigenvalue weighted by atomic mass is 16.2. The Morgan fingerprint density at radius 1 is 1.42 bits per heavy atom. The fourth-order valence-corrected chi connectivity index (χ4v) is 3.11. The smallest absolute Gasteiger partial charge is 0.320 e. The zero-order valence-electron chi connectivity index (χ0n) is 16.6. The molecule has 3 amide bonds. The summed E-state index contributed by atoms with van der Waals surface area (Å²) in [5.41, 5.74) is 0.948. The number of aryl methyl sites for hydroxylation is 1. The molecule has 1 aromatic rings. The number of likely N-dealkylation sites (tertiary alicyclic amines) is 1. The van der Waals surface area contributed by atoms with E-state index in [4.69, 9.17) is 0 Å². The van der Waals surface area contributed by atoms with Crippen LogP contribution in [-0.4, -0.2) is 71.3 Å². The van der Waals surface area contributed by atoms with Crippen molar-refractivity contribution < 1.29 is 9.59 Å². The van der Waals surface area contributed by atoms with E-state index in [1.54, 1.807) is 4.68 Å². The summed E-state index contributed by atoms with van der Waals surface area (Å²) in [6.07, 6.45) is 2.25. The van der Waals surface area contributed by atoms with Gasteiger partial charge < -0.3 is 15.1 Å². The highest BCUT2D eigenvalue weighted by molar-refractivity contribution is 5.88. The van der Waals surface area contributed by atoms with Gasteiger partial charge in [-0.15, -0.1) is 0 Å².